The molecule has 31 heavy (non-hydrogen) atoms. The average Bonchev–Trinajstić information content (AvgIpc) is 2.81. The highest BCUT2D eigenvalue weighted by Gasteiger charge is 2.11. The van der Waals surface area contributed by atoms with Gasteiger partial charge in [0.05, 0.1) is 12.7 Å². The van der Waals surface area contributed by atoms with E-state index in [1.54, 1.807) is 30.5 Å². The topological polar surface area (TPSA) is 101 Å². The summed E-state index contributed by atoms with van der Waals surface area (Å²) < 4.78 is 5.24. The molecule has 0 saturated carbocycles. The molecular weight excluding hydrogens is 392 g/mol. The van der Waals surface area contributed by atoms with Crippen molar-refractivity contribution >= 4 is 34.7 Å². The fourth-order valence-corrected chi connectivity index (χ4v) is 2.88. The molecule has 2 aromatic carbocycles. The summed E-state index contributed by atoms with van der Waals surface area (Å²) in [6, 6.07) is 21.8. The largest absolute Gasteiger partial charge is 0.496 e. The second-order valence-corrected chi connectivity index (χ2v) is 6.49. The van der Waals surface area contributed by atoms with Crippen molar-refractivity contribution in [3.05, 3.63) is 90.9 Å². The number of benzene rings is 2. The van der Waals surface area contributed by atoms with Crippen LogP contribution in [0, 0.1) is 0 Å². The molecule has 1 amide bonds. The van der Waals surface area contributed by atoms with Gasteiger partial charge >= 0.3 is 0 Å². The number of methoxy groups -OCH3 is 1. The van der Waals surface area contributed by atoms with Crippen LogP contribution in [0.3, 0.4) is 0 Å². The first-order valence-electron chi connectivity index (χ1n) is 9.53. The fourth-order valence-electron chi connectivity index (χ4n) is 2.88. The fraction of sp³-hybridized carbons (Fsp3) is 0.0435. The number of carbonyl (C=O) groups excluding carboxylic acids is 1. The Hall–Kier alpha value is -4.46. The maximum atomic E-state index is 12.5. The number of pyridine rings is 1. The molecule has 0 unspecified atom stereocenters. The second-order valence-electron chi connectivity index (χ2n) is 6.49. The van der Waals surface area contributed by atoms with E-state index >= 15 is 0 Å². The summed E-state index contributed by atoms with van der Waals surface area (Å²) in [5.41, 5.74) is 1.96. The van der Waals surface area contributed by atoms with Crippen LogP contribution in [0.15, 0.2) is 85.3 Å². The summed E-state index contributed by atoms with van der Waals surface area (Å²) >= 11 is 0. The second kappa shape index (κ2) is 9.36. The highest BCUT2D eigenvalue weighted by molar-refractivity contribution is 6.06. The van der Waals surface area contributed by atoms with Gasteiger partial charge in [-0.05, 0) is 48.5 Å². The van der Waals surface area contributed by atoms with Crippen LogP contribution >= 0.6 is 0 Å². The van der Waals surface area contributed by atoms with Gasteiger partial charge in [0.25, 0.3) is 5.91 Å². The third kappa shape index (κ3) is 5.13. The van der Waals surface area contributed by atoms with Crippen molar-refractivity contribution in [1.29, 1.82) is 0 Å². The van der Waals surface area contributed by atoms with Crippen molar-refractivity contribution in [2.45, 2.75) is 0 Å². The van der Waals surface area contributed by atoms with Crippen LogP contribution in [0.5, 0.6) is 5.75 Å². The molecule has 0 aliphatic carbocycles. The Bertz CT molecular complexity index is 1170. The maximum absolute atomic E-state index is 12.5. The number of nitrogens with zero attached hydrogens (tertiary/aromatic N) is 3. The van der Waals surface area contributed by atoms with E-state index in [1.165, 1.54) is 13.4 Å². The molecule has 4 aromatic rings. The summed E-state index contributed by atoms with van der Waals surface area (Å²) in [6.07, 6.45) is 3.17. The lowest BCUT2D eigenvalue weighted by Crippen LogP contribution is -2.13. The van der Waals surface area contributed by atoms with Crippen molar-refractivity contribution < 1.29 is 9.53 Å². The number of para-hydroxylation sites is 1. The maximum Gasteiger partial charge on any atom is 0.259 e. The summed E-state index contributed by atoms with van der Waals surface area (Å²) in [7, 11) is 1.54. The van der Waals surface area contributed by atoms with Crippen LogP contribution in [-0.2, 0) is 0 Å². The lowest BCUT2D eigenvalue weighted by molar-refractivity contribution is 0.102. The van der Waals surface area contributed by atoms with Gasteiger partial charge in [0.15, 0.2) is 0 Å². The normalized spacial score (nSPS) is 10.2. The van der Waals surface area contributed by atoms with E-state index < -0.39 is 0 Å². The van der Waals surface area contributed by atoms with Gasteiger partial charge in [-0.25, -0.2) is 15.0 Å². The summed E-state index contributed by atoms with van der Waals surface area (Å²) in [4.78, 5) is 25.2. The highest BCUT2D eigenvalue weighted by Crippen LogP contribution is 2.22. The number of hydrogen-bond donors (Lipinski definition) is 3. The quantitative estimate of drug-likeness (QED) is 0.407. The van der Waals surface area contributed by atoms with E-state index in [9.17, 15) is 4.79 Å². The van der Waals surface area contributed by atoms with E-state index in [0.29, 0.717) is 34.5 Å². The van der Waals surface area contributed by atoms with E-state index in [4.69, 9.17) is 4.74 Å². The van der Waals surface area contributed by atoms with Gasteiger partial charge in [-0.3, -0.25) is 4.79 Å². The highest BCUT2D eigenvalue weighted by atomic mass is 16.5. The summed E-state index contributed by atoms with van der Waals surface area (Å²) in [6.45, 7) is 0. The first kappa shape index (κ1) is 19.8. The minimum Gasteiger partial charge on any atom is -0.496 e. The molecule has 0 bridgehead atoms. The lowest BCUT2D eigenvalue weighted by Gasteiger charge is -2.11. The minimum absolute atomic E-state index is 0.237. The number of rotatable bonds is 7. The van der Waals surface area contributed by atoms with Crippen molar-refractivity contribution in [3.8, 4) is 5.75 Å². The molecule has 0 radical (unpaired) electrons. The molecule has 4 rings (SSSR count). The summed E-state index contributed by atoms with van der Waals surface area (Å²) in [5.74, 6) is 2.23. The molecule has 0 atom stereocenters. The van der Waals surface area contributed by atoms with Gasteiger partial charge in [-0.15, -0.1) is 0 Å². The number of anilines is 5. The third-order valence-electron chi connectivity index (χ3n) is 4.35. The molecule has 8 heteroatoms. The number of carbonyl (C=O) groups is 1. The number of aromatic nitrogens is 3. The Balaban J connectivity index is 1.41. The van der Waals surface area contributed by atoms with Gasteiger partial charge < -0.3 is 20.7 Å². The third-order valence-corrected chi connectivity index (χ3v) is 4.35. The smallest absolute Gasteiger partial charge is 0.259 e. The predicted molar refractivity (Wildman–Crippen MR) is 120 cm³/mol. The Labute approximate surface area is 179 Å². The molecule has 0 saturated heterocycles. The lowest BCUT2D eigenvalue weighted by atomic mass is 10.2. The van der Waals surface area contributed by atoms with Crippen LogP contribution in [-0.4, -0.2) is 28.0 Å². The standard InChI is InChI=1S/C23H20N6O2/c1-31-19-7-3-2-6-18(19)23(30)28-17-11-9-16(10-12-17)27-21-14-22(26-15-25-21)29-20-8-4-5-13-24-20/h2-15H,1H3,(H,28,30)(H2,24,25,26,27,29). The van der Waals surface area contributed by atoms with Gasteiger partial charge in [0.1, 0.15) is 29.5 Å². The van der Waals surface area contributed by atoms with Crippen molar-refractivity contribution in [1.82, 2.24) is 15.0 Å². The van der Waals surface area contributed by atoms with Crippen LogP contribution in [0.4, 0.5) is 28.8 Å². The SMILES string of the molecule is COc1ccccc1C(=O)Nc1ccc(Nc2cc(Nc3ccccn3)ncn2)cc1. The number of hydrogen-bond acceptors (Lipinski definition) is 7. The van der Waals surface area contributed by atoms with Crippen molar-refractivity contribution in [2.24, 2.45) is 0 Å². The minimum atomic E-state index is -0.237. The molecule has 2 heterocycles. The zero-order valence-electron chi connectivity index (χ0n) is 16.7. The molecule has 0 aliphatic heterocycles. The van der Waals surface area contributed by atoms with Gasteiger partial charge in [-0.2, -0.15) is 0 Å². The molecule has 0 aliphatic rings. The van der Waals surface area contributed by atoms with E-state index in [0.717, 1.165) is 5.69 Å². The van der Waals surface area contributed by atoms with Gasteiger partial charge in [-0.1, -0.05) is 18.2 Å². The first-order chi connectivity index (χ1) is 15.2. The van der Waals surface area contributed by atoms with Gasteiger partial charge in [0, 0.05) is 23.6 Å². The Kier molecular flexibility index (Phi) is 5.99. The van der Waals surface area contributed by atoms with Crippen LogP contribution in [0.1, 0.15) is 10.4 Å². The van der Waals surface area contributed by atoms with Crippen LogP contribution in [0.2, 0.25) is 0 Å². The molecule has 2 aromatic heterocycles. The summed E-state index contributed by atoms with van der Waals surface area (Å²) in [5, 5.41) is 9.21. The van der Waals surface area contributed by atoms with E-state index in [2.05, 4.69) is 30.9 Å². The molecule has 0 spiro atoms. The van der Waals surface area contributed by atoms with Crippen molar-refractivity contribution in [2.75, 3.05) is 23.1 Å². The van der Waals surface area contributed by atoms with Crippen LogP contribution < -0.4 is 20.7 Å². The van der Waals surface area contributed by atoms with E-state index in [1.807, 2.05) is 48.5 Å². The number of amides is 1. The zero-order valence-corrected chi connectivity index (χ0v) is 16.7. The number of ether oxygens (including phenoxy) is 1. The first-order valence-corrected chi connectivity index (χ1v) is 9.53. The molecule has 8 nitrogen and oxygen atoms in total. The predicted octanol–water partition coefficient (Wildman–Crippen LogP) is 4.62. The molecular formula is C23H20N6O2. The Morgan fingerprint density at radius 3 is 2.23 bits per heavy atom. The average molecular weight is 412 g/mol. The Morgan fingerprint density at radius 2 is 1.48 bits per heavy atom. The van der Waals surface area contributed by atoms with Crippen molar-refractivity contribution in [3.63, 3.8) is 0 Å². The monoisotopic (exact) mass is 412 g/mol. The molecule has 3 N–H and O–H groups in total. The Morgan fingerprint density at radius 1 is 0.774 bits per heavy atom. The molecule has 0 fully saturated rings. The van der Waals surface area contributed by atoms with Gasteiger partial charge in [0.2, 0.25) is 0 Å². The zero-order chi connectivity index (χ0) is 21.5. The number of nitrogens with one attached hydrogen (secondary N) is 3. The van der Waals surface area contributed by atoms with E-state index in [-0.39, 0.29) is 5.91 Å². The molecule has 154 valence electrons. The van der Waals surface area contributed by atoms with Crippen LogP contribution in [0.25, 0.3) is 0 Å².